The Labute approximate surface area is 247 Å². The number of fused-ring (bicyclic) bond motifs is 3. The summed E-state index contributed by atoms with van der Waals surface area (Å²) in [5.41, 5.74) is -5.98. The lowest BCUT2D eigenvalue weighted by Gasteiger charge is -2.51. The van der Waals surface area contributed by atoms with Crippen molar-refractivity contribution < 1.29 is 48.0 Å². The highest BCUT2D eigenvalue weighted by Crippen LogP contribution is 2.55. The average Bonchev–Trinajstić information content (AvgIpc) is 3.45. The maximum absolute atomic E-state index is 14.7. The SMILES string of the molecule is CCCN(CCC)[C@@H]1C(=O)C(C(C)=O)=C(O)[C@@]2(O)C(=O)C3=C(O)c4c(O)cc(C5CCCN5)c(C(F)(F)F)c4C[C@H]3C[C@@H]12. The van der Waals surface area contributed by atoms with Crippen molar-refractivity contribution in [3.63, 3.8) is 0 Å². The van der Waals surface area contributed by atoms with E-state index in [4.69, 9.17) is 0 Å². The van der Waals surface area contributed by atoms with Crippen LogP contribution >= 0.6 is 0 Å². The summed E-state index contributed by atoms with van der Waals surface area (Å²) in [7, 11) is 0. The largest absolute Gasteiger partial charge is 0.508 e. The Morgan fingerprint density at radius 1 is 1.14 bits per heavy atom. The smallest absolute Gasteiger partial charge is 0.417 e. The highest BCUT2D eigenvalue weighted by Gasteiger charge is 2.64. The van der Waals surface area contributed by atoms with E-state index < -0.39 is 99.0 Å². The van der Waals surface area contributed by atoms with Gasteiger partial charge in [0.15, 0.2) is 17.2 Å². The van der Waals surface area contributed by atoms with E-state index in [0.717, 1.165) is 13.0 Å². The molecule has 3 aliphatic carbocycles. The van der Waals surface area contributed by atoms with Crippen LogP contribution in [0, 0.1) is 11.8 Å². The summed E-state index contributed by atoms with van der Waals surface area (Å²) in [4.78, 5) is 42.2. The predicted molar refractivity (Wildman–Crippen MR) is 149 cm³/mol. The van der Waals surface area contributed by atoms with Crippen molar-refractivity contribution in [1.82, 2.24) is 10.2 Å². The second kappa shape index (κ2) is 11.0. The van der Waals surface area contributed by atoms with Gasteiger partial charge in [0, 0.05) is 17.5 Å². The molecule has 1 saturated carbocycles. The molecule has 1 aliphatic heterocycles. The van der Waals surface area contributed by atoms with Gasteiger partial charge in [0.2, 0.25) is 5.78 Å². The summed E-state index contributed by atoms with van der Waals surface area (Å²) in [6.07, 6.45) is -3.25. The van der Waals surface area contributed by atoms with Crippen molar-refractivity contribution in [2.45, 2.75) is 83.2 Å². The molecule has 1 heterocycles. The molecule has 4 aliphatic rings. The molecule has 1 saturated heterocycles. The zero-order valence-corrected chi connectivity index (χ0v) is 24.3. The normalized spacial score (nSPS) is 29.2. The number of carbonyl (C=O) groups excluding carboxylic acids is 3. The minimum atomic E-state index is -4.85. The lowest BCUT2D eigenvalue weighted by Crippen LogP contribution is -2.66. The molecule has 0 radical (unpaired) electrons. The van der Waals surface area contributed by atoms with Crippen LogP contribution in [0.5, 0.6) is 5.75 Å². The van der Waals surface area contributed by atoms with E-state index in [1.807, 2.05) is 13.8 Å². The number of benzene rings is 1. The summed E-state index contributed by atoms with van der Waals surface area (Å²) in [6.45, 7) is 6.00. The molecule has 0 spiro atoms. The van der Waals surface area contributed by atoms with Crippen LogP contribution in [0.1, 0.15) is 81.2 Å². The number of aliphatic hydroxyl groups excluding tert-OH is 2. The fourth-order valence-electron chi connectivity index (χ4n) is 7.80. The summed E-state index contributed by atoms with van der Waals surface area (Å²) in [5.74, 6) is -7.86. The Hall–Kier alpha value is -3.22. The van der Waals surface area contributed by atoms with E-state index in [1.165, 1.54) is 0 Å². The molecule has 234 valence electrons. The molecule has 0 aromatic heterocycles. The van der Waals surface area contributed by atoms with E-state index in [1.54, 1.807) is 4.90 Å². The third kappa shape index (κ3) is 4.69. The van der Waals surface area contributed by atoms with Crippen LogP contribution in [0.15, 0.2) is 23.0 Å². The number of rotatable bonds is 7. The molecule has 5 atom stereocenters. The predicted octanol–water partition coefficient (Wildman–Crippen LogP) is 4.07. The number of alkyl halides is 3. The minimum Gasteiger partial charge on any atom is -0.508 e. The number of aliphatic hydroxyl groups is 3. The first-order valence-corrected chi connectivity index (χ1v) is 14.8. The number of halogens is 3. The van der Waals surface area contributed by atoms with Gasteiger partial charge in [-0.15, -0.1) is 0 Å². The van der Waals surface area contributed by atoms with Gasteiger partial charge in [0.25, 0.3) is 0 Å². The van der Waals surface area contributed by atoms with Gasteiger partial charge in [-0.05, 0) is 88.2 Å². The molecular weight excluding hydrogens is 569 g/mol. The first kappa shape index (κ1) is 31.2. The molecule has 0 bridgehead atoms. The van der Waals surface area contributed by atoms with E-state index >= 15 is 0 Å². The van der Waals surface area contributed by atoms with Gasteiger partial charge in [0.05, 0.1) is 17.2 Å². The second-order valence-electron chi connectivity index (χ2n) is 12.1. The molecule has 9 nitrogen and oxygen atoms in total. The molecule has 43 heavy (non-hydrogen) atoms. The number of carbonyl (C=O) groups is 3. The summed E-state index contributed by atoms with van der Waals surface area (Å²) in [5, 5.41) is 48.5. The number of nitrogens with one attached hydrogen (secondary N) is 1. The number of aromatic hydroxyl groups is 1. The number of phenols is 1. The first-order chi connectivity index (χ1) is 20.2. The van der Waals surface area contributed by atoms with Crippen molar-refractivity contribution in [1.29, 1.82) is 0 Å². The van der Waals surface area contributed by atoms with Crippen molar-refractivity contribution in [3.05, 3.63) is 45.2 Å². The Balaban J connectivity index is 1.74. The van der Waals surface area contributed by atoms with Gasteiger partial charge in [-0.2, -0.15) is 13.2 Å². The quantitative estimate of drug-likeness (QED) is 0.290. The highest BCUT2D eigenvalue weighted by atomic mass is 19.4. The number of nitrogens with zero attached hydrogens (tertiary/aromatic N) is 1. The zero-order chi connectivity index (χ0) is 31.6. The standard InChI is InChI=1S/C31H37F3N2O7/c1-4-9-36(10-5-2)25-18-12-15-11-17-23(20(38)13-16(19-7-6-8-35-19)24(17)31(32,33)34)26(39)22(15)29(42)30(18,43)28(41)21(14(3)37)27(25)40/h13,15,18-19,25,35,38-39,41,43H,4-12H2,1-3H3/t15-,18-,19?,25-,30+/m0/s1. The Morgan fingerprint density at radius 3 is 2.33 bits per heavy atom. The molecule has 1 aromatic rings. The first-order valence-electron chi connectivity index (χ1n) is 14.8. The van der Waals surface area contributed by atoms with Gasteiger partial charge in [-0.1, -0.05) is 13.8 Å². The van der Waals surface area contributed by atoms with Gasteiger partial charge in [0.1, 0.15) is 22.8 Å². The highest BCUT2D eigenvalue weighted by molar-refractivity contribution is 6.25. The molecule has 2 fully saturated rings. The zero-order valence-electron chi connectivity index (χ0n) is 24.3. The lowest BCUT2D eigenvalue weighted by atomic mass is 9.57. The lowest BCUT2D eigenvalue weighted by molar-refractivity contribution is -0.155. The molecule has 5 N–H and O–H groups in total. The van der Waals surface area contributed by atoms with Crippen molar-refractivity contribution >= 4 is 23.1 Å². The Kier molecular flexibility index (Phi) is 8.02. The number of Topliss-reactive ketones (excluding diaryl/α,β-unsaturated/α-hetero) is 3. The topological polar surface area (TPSA) is 147 Å². The van der Waals surface area contributed by atoms with Crippen LogP contribution in [0.25, 0.3) is 5.76 Å². The maximum Gasteiger partial charge on any atom is 0.417 e. The summed E-state index contributed by atoms with van der Waals surface area (Å²) < 4.78 is 44.1. The van der Waals surface area contributed by atoms with Crippen molar-refractivity contribution in [2.24, 2.45) is 11.8 Å². The van der Waals surface area contributed by atoms with Gasteiger partial charge >= 0.3 is 6.18 Å². The van der Waals surface area contributed by atoms with Crippen LogP contribution < -0.4 is 5.32 Å². The van der Waals surface area contributed by atoms with Crippen LogP contribution in [0.2, 0.25) is 0 Å². The van der Waals surface area contributed by atoms with E-state index in [9.17, 15) is 48.0 Å². The van der Waals surface area contributed by atoms with Gasteiger partial charge in [-0.3, -0.25) is 19.3 Å². The van der Waals surface area contributed by atoms with E-state index in [-0.39, 0.29) is 17.5 Å². The fraction of sp³-hybridized carbons (Fsp3) is 0.581. The second-order valence-corrected chi connectivity index (χ2v) is 12.1. The van der Waals surface area contributed by atoms with Crippen LogP contribution in [-0.2, 0) is 27.0 Å². The molecule has 1 unspecified atom stereocenters. The number of hydrogen-bond donors (Lipinski definition) is 5. The Morgan fingerprint density at radius 2 is 1.79 bits per heavy atom. The number of hydrogen-bond acceptors (Lipinski definition) is 9. The average molecular weight is 607 g/mol. The van der Waals surface area contributed by atoms with Crippen LogP contribution in [0.3, 0.4) is 0 Å². The monoisotopic (exact) mass is 606 g/mol. The van der Waals surface area contributed by atoms with Crippen molar-refractivity contribution in [3.8, 4) is 5.75 Å². The van der Waals surface area contributed by atoms with Crippen LogP contribution in [0.4, 0.5) is 13.2 Å². The molecule has 1 aromatic carbocycles. The molecule has 12 heteroatoms. The molecule has 5 rings (SSSR count). The maximum atomic E-state index is 14.7. The third-order valence-electron chi connectivity index (χ3n) is 9.44. The molecule has 0 amide bonds. The minimum absolute atomic E-state index is 0.148. The fourth-order valence-corrected chi connectivity index (χ4v) is 7.80. The van der Waals surface area contributed by atoms with Gasteiger partial charge < -0.3 is 25.7 Å². The molecular formula is C31H37F3N2O7. The van der Waals surface area contributed by atoms with Crippen LogP contribution in [-0.4, -0.2) is 74.0 Å². The van der Waals surface area contributed by atoms with Crippen molar-refractivity contribution in [2.75, 3.05) is 19.6 Å². The number of phenolic OH excluding ortho intramolecular Hbond substituents is 1. The Bertz CT molecular complexity index is 1440. The summed E-state index contributed by atoms with van der Waals surface area (Å²) >= 11 is 0. The summed E-state index contributed by atoms with van der Waals surface area (Å²) in [6, 6.07) is -0.915. The van der Waals surface area contributed by atoms with Gasteiger partial charge in [-0.25, -0.2) is 0 Å². The van der Waals surface area contributed by atoms with E-state index in [2.05, 4.69) is 5.32 Å². The van der Waals surface area contributed by atoms with E-state index in [0.29, 0.717) is 45.3 Å². The number of ketones is 3. The third-order valence-corrected chi connectivity index (χ3v) is 9.44.